The summed E-state index contributed by atoms with van der Waals surface area (Å²) in [6, 6.07) is 25.0. The molecule has 10 rings (SSSR count). The van der Waals surface area contributed by atoms with E-state index in [0.717, 1.165) is 128 Å². The fourth-order valence-corrected chi connectivity index (χ4v) is 10.3. The molecule has 6 aromatic rings. The first-order chi connectivity index (χ1) is 26.4. The maximum Gasteiger partial charge on any atom is 0.0956 e. The number of aliphatic hydroxyl groups excluding tert-OH is 2. The third-order valence-electron chi connectivity index (χ3n) is 10.8. The van der Waals surface area contributed by atoms with Crippen molar-refractivity contribution in [3.63, 3.8) is 0 Å². The molecule has 2 saturated heterocycles. The summed E-state index contributed by atoms with van der Waals surface area (Å²) in [4.78, 5) is 14.0. The Morgan fingerprint density at radius 1 is 0.611 bits per heavy atom. The minimum atomic E-state index is -0.230. The Morgan fingerprint density at radius 3 is 1.44 bits per heavy atom. The Balaban J connectivity index is 0.892. The Kier molecular flexibility index (Phi) is 8.84. The van der Waals surface area contributed by atoms with Gasteiger partial charge in [0.1, 0.15) is 0 Å². The van der Waals surface area contributed by atoms with E-state index in [0.29, 0.717) is 10.0 Å². The molecule has 2 N–H and O–H groups in total. The van der Waals surface area contributed by atoms with Crippen molar-refractivity contribution in [2.75, 3.05) is 26.2 Å². The molecule has 2 unspecified atom stereocenters. The molecule has 0 saturated carbocycles. The maximum atomic E-state index is 9.94. The van der Waals surface area contributed by atoms with Crippen molar-refractivity contribution >= 4 is 89.0 Å². The monoisotopic (exact) mass is 788 g/mol. The average molecular weight is 790 g/mol. The number of allylic oxidation sites excluding steroid dienone is 2. The molecule has 0 aliphatic carbocycles. The van der Waals surface area contributed by atoms with Crippen molar-refractivity contribution in [3.05, 3.63) is 129 Å². The quantitative estimate of drug-likeness (QED) is 0.152. The molecule has 6 heterocycles. The van der Waals surface area contributed by atoms with Gasteiger partial charge >= 0.3 is 0 Å². The van der Waals surface area contributed by atoms with Crippen LogP contribution in [0.4, 0.5) is 0 Å². The molecule has 270 valence electrons. The lowest BCUT2D eigenvalue weighted by atomic mass is 9.90. The molecule has 12 heteroatoms. The molecule has 2 aromatic heterocycles. The van der Waals surface area contributed by atoms with Gasteiger partial charge in [-0.3, -0.25) is 19.8 Å². The van der Waals surface area contributed by atoms with Gasteiger partial charge in [-0.15, -0.1) is 0 Å². The number of aliphatic hydroxyl groups is 2. The molecule has 4 aromatic carbocycles. The van der Waals surface area contributed by atoms with E-state index < -0.39 is 0 Å². The number of rotatable bonds is 9. The van der Waals surface area contributed by atoms with Crippen molar-refractivity contribution < 1.29 is 10.2 Å². The molecule has 54 heavy (non-hydrogen) atoms. The smallest absolute Gasteiger partial charge is 0.0956 e. The molecule has 4 aliphatic heterocycles. The van der Waals surface area contributed by atoms with E-state index in [4.69, 9.17) is 31.9 Å². The standard InChI is InChI=1S/C42H34Cl2N6O2S2/c43-37-27(3-1-5-31(37)39-33(17-45-39)41-29-9-7-23(15-35(29)53-47-41)19-49-13-11-25(51)21-49)28-4-2-6-32(38(28)44)40-34(18-46-40)42-30-10-8-24(16-36(30)54-48-42)20-50-14-12-26(52)22-50/h1-10,15-18,25-26,51-52H,11-14,19-22H2. The summed E-state index contributed by atoms with van der Waals surface area (Å²) < 4.78 is 12.0. The fraction of sp³-hybridized carbons (Fsp3) is 0.238. The summed E-state index contributed by atoms with van der Waals surface area (Å²) >= 11 is 17.5. The highest BCUT2D eigenvalue weighted by atomic mass is 35.5. The van der Waals surface area contributed by atoms with Gasteiger partial charge in [0.25, 0.3) is 0 Å². The lowest BCUT2D eigenvalue weighted by molar-refractivity contribution is 0.174. The zero-order valence-corrected chi connectivity index (χ0v) is 32.2. The zero-order valence-electron chi connectivity index (χ0n) is 29.0. The summed E-state index contributed by atoms with van der Waals surface area (Å²) in [5.41, 5.74) is 11.1. The van der Waals surface area contributed by atoms with Gasteiger partial charge in [0.05, 0.1) is 54.5 Å². The van der Waals surface area contributed by atoms with Crippen molar-refractivity contribution in [1.82, 2.24) is 18.5 Å². The van der Waals surface area contributed by atoms with E-state index in [9.17, 15) is 10.2 Å². The number of nitrogens with zero attached hydrogens (tertiary/aromatic N) is 6. The third-order valence-corrected chi connectivity index (χ3v) is 13.3. The van der Waals surface area contributed by atoms with Crippen LogP contribution in [0.25, 0.3) is 42.4 Å². The van der Waals surface area contributed by atoms with Crippen LogP contribution in [-0.4, -0.2) is 78.6 Å². The Morgan fingerprint density at radius 2 is 1.06 bits per heavy atom. The normalized spacial score (nSPS) is 20.2. The van der Waals surface area contributed by atoms with Gasteiger partial charge < -0.3 is 10.2 Å². The van der Waals surface area contributed by atoms with Crippen molar-refractivity contribution in [2.45, 2.75) is 38.1 Å². The van der Waals surface area contributed by atoms with Gasteiger partial charge in [0, 0.05) is 95.8 Å². The molecule has 2 atom stereocenters. The number of aliphatic imine (C=N–C) groups is 2. The predicted molar refractivity (Wildman–Crippen MR) is 222 cm³/mol. The van der Waals surface area contributed by atoms with Crippen LogP contribution >= 0.6 is 46.3 Å². The highest BCUT2D eigenvalue weighted by Crippen LogP contribution is 2.43. The van der Waals surface area contributed by atoms with Gasteiger partial charge in [-0.1, -0.05) is 83.9 Å². The Labute approximate surface area is 330 Å². The fourth-order valence-electron chi connectivity index (χ4n) is 7.99. The van der Waals surface area contributed by atoms with Crippen LogP contribution < -0.4 is 0 Å². The van der Waals surface area contributed by atoms with Crippen molar-refractivity contribution in [3.8, 4) is 11.1 Å². The maximum absolute atomic E-state index is 9.94. The van der Waals surface area contributed by atoms with Crippen LogP contribution in [0.5, 0.6) is 0 Å². The summed E-state index contributed by atoms with van der Waals surface area (Å²) in [5.74, 6) is 0. The van der Waals surface area contributed by atoms with Crippen LogP contribution in [0, 0.1) is 0 Å². The van der Waals surface area contributed by atoms with E-state index in [1.54, 1.807) is 0 Å². The van der Waals surface area contributed by atoms with Crippen LogP contribution in [0.15, 0.2) is 95.2 Å². The average Bonchev–Trinajstić information content (AvgIpc) is 3.94. The van der Waals surface area contributed by atoms with Gasteiger partial charge in [0.2, 0.25) is 0 Å². The minimum absolute atomic E-state index is 0.230. The number of hydrogen-bond acceptors (Lipinski definition) is 10. The minimum Gasteiger partial charge on any atom is -0.392 e. The summed E-state index contributed by atoms with van der Waals surface area (Å²) in [6.07, 6.45) is 4.93. The first-order valence-corrected chi connectivity index (χ1v) is 20.4. The molecular formula is C42H34Cl2N6O2S2. The first kappa shape index (κ1) is 34.4. The van der Waals surface area contributed by atoms with E-state index in [-0.39, 0.29) is 12.2 Å². The molecular weight excluding hydrogens is 756 g/mol. The molecule has 8 nitrogen and oxygen atoms in total. The largest absolute Gasteiger partial charge is 0.392 e. The van der Waals surface area contributed by atoms with Gasteiger partial charge in [-0.25, -0.2) is 0 Å². The second-order valence-corrected chi connectivity index (χ2v) is 16.8. The van der Waals surface area contributed by atoms with E-state index in [1.807, 2.05) is 48.8 Å². The molecule has 4 aliphatic rings. The second-order valence-electron chi connectivity index (χ2n) is 14.5. The Hall–Kier alpha value is -4.10. The lowest BCUT2D eigenvalue weighted by Crippen LogP contribution is -2.21. The van der Waals surface area contributed by atoms with E-state index in [1.165, 1.54) is 34.2 Å². The summed E-state index contributed by atoms with van der Waals surface area (Å²) in [6.45, 7) is 4.92. The van der Waals surface area contributed by atoms with Crippen LogP contribution in [0.1, 0.15) is 46.5 Å². The molecule has 0 spiro atoms. The number of hydrogen-bond donors (Lipinski definition) is 2. The number of aromatic nitrogens is 2. The number of benzene rings is 4. The molecule has 2 fully saturated rings. The predicted octanol–water partition coefficient (Wildman–Crippen LogP) is 8.70. The van der Waals surface area contributed by atoms with Crippen molar-refractivity contribution in [1.29, 1.82) is 0 Å². The third kappa shape index (κ3) is 6.06. The van der Waals surface area contributed by atoms with Gasteiger partial charge in [-0.2, -0.15) is 8.75 Å². The summed E-state index contributed by atoms with van der Waals surface area (Å²) in [5, 5.41) is 23.2. The number of likely N-dealkylation sites (tertiary alicyclic amines) is 2. The number of fused-ring (bicyclic) bond motifs is 2. The highest BCUT2D eigenvalue weighted by molar-refractivity contribution is 7.13. The second kappa shape index (κ2) is 13.9. The van der Waals surface area contributed by atoms with Crippen molar-refractivity contribution in [2.24, 2.45) is 9.98 Å². The molecule has 0 bridgehead atoms. The first-order valence-electron chi connectivity index (χ1n) is 18.1. The lowest BCUT2D eigenvalue weighted by Gasteiger charge is -2.20. The number of halogens is 2. The van der Waals surface area contributed by atoms with E-state index >= 15 is 0 Å². The molecule has 0 amide bonds. The van der Waals surface area contributed by atoms with E-state index in [2.05, 4.69) is 56.2 Å². The van der Waals surface area contributed by atoms with Crippen LogP contribution in [-0.2, 0) is 13.1 Å². The topological polar surface area (TPSA) is 97.4 Å². The highest BCUT2D eigenvalue weighted by Gasteiger charge is 2.29. The van der Waals surface area contributed by atoms with Crippen LogP contribution in [0.3, 0.4) is 0 Å². The number of β-amino-alcohol motifs (C(OH)–C–C–N with tert-alkyl or cyclic N) is 2. The molecule has 0 radical (unpaired) electrons. The zero-order chi connectivity index (χ0) is 36.5. The SMILES string of the molecule is OC1CCN(Cc2ccc3c(C4=CN=C4c4cccc(-c5cccc(C6=NC=C6c6nsc7cc(CN8CCC(O)C8)ccc67)c5Cl)c4Cl)nsc3c2)C1. The summed E-state index contributed by atoms with van der Waals surface area (Å²) in [7, 11) is 0. The Bertz CT molecular complexity index is 2450. The van der Waals surface area contributed by atoms with Crippen LogP contribution in [0.2, 0.25) is 10.0 Å². The van der Waals surface area contributed by atoms with Gasteiger partial charge in [0.15, 0.2) is 0 Å². The van der Waals surface area contributed by atoms with Gasteiger partial charge in [-0.05, 0) is 59.2 Å².